The summed E-state index contributed by atoms with van der Waals surface area (Å²) in [4.78, 5) is 13.5. The van der Waals surface area contributed by atoms with Gasteiger partial charge in [0.05, 0.1) is 0 Å². The van der Waals surface area contributed by atoms with E-state index in [0.29, 0.717) is 11.5 Å². The maximum Gasteiger partial charge on any atom is 0.253 e. The number of amides is 1. The average Bonchev–Trinajstić information content (AvgIpc) is 3.03. The number of benzene rings is 1. The van der Waals surface area contributed by atoms with Gasteiger partial charge in [-0.2, -0.15) is 0 Å². The molecule has 1 N–H and O–H groups in total. The van der Waals surface area contributed by atoms with Crippen LogP contribution in [0.4, 0.5) is 0 Å². The summed E-state index contributed by atoms with van der Waals surface area (Å²) in [7, 11) is 3.46. The fourth-order valence-corrected chi connectivity index (χ4v) is 1.84. The van der Waals surface area contributed by atoms with E-state index in [1.165, 1.54) is 12.8 Å². The smallest absolute Gasteiger partial charge is 0.253 e. The zero-order valence-corrected chi connectivity index (χ0v) is 9.73. The van der Waals surface area contributed by atoms with Gasteiger partial charge < -0.3 is 10.0 Å². The summed E-state index contributed by atoms with van der Waals surface area (Å²) in [6.45, 7) is 0. The van der Waals surface area contributed by atoms with Gasteiger partial charge in [0.15, 0.2) is 0 Å². The van der Waals surface area contributed by atoms with E-state index in [9.17, 15) is 9.90 Å². The third-order valence-electron chi connectivity index (χ3n) is 2.98. The lowest BCUT2D eigenvalue weighted by molar-refractivity contribution is 0.0826. The minimum atomic E-state index is -0.0356. The zero-order valence-electron chi connectivity index (χ0n) is 9.73. The Hall–Kier alpha value is -1.51. The van der Waals surface area contributed by atoms with Crippen LogP contribution in [-0.4, -0.2) is 30.0 Å². The van der Waals surface area contributed by atoms with E-state index in [-0.39, 0.29) is 11.7 Å². The summed E-state index contributed by atoms with van der Waals surface area (Å²) in [5, 5.41) is 9.83. The second-order valence-electron chi connectivity index (χ2n) is 4.65. The molecule has 0 heterocycles. The predicted octanol–water partition coefficient (Wildman–Crippen LogP) is 2.05. The molecule has 0 aliphatic heterocycles. The molecule has 0 bridgehead atoms. The number of nitrogens with zero attached hydrogens (tertiary/aromatic N) is 1. The van der Waals surface area contributed by atoms with Crippen LogP contribution in [0.1, 0.15) is 28.8 Å². The van der Waals surface area contributed by atoms with Crippen LogP contribution in [0.3, 0.4) is 0 Å². The second kappa shape index (κ2) is 4.16. The molecule has 0 saturated heterocycles. The number of hydrogen-bond donors (Lipinski definition) is 1. The highest BCUT2D eigenvalue weighted by Gasteiger charge is 2.26. The molecule has 0 unspecified atom stereocenters. The maximum atomic E-state index is 11.9. The molecule has 16 heavy (non-hydrogen) atoms. The summed E-state index contributed by atoms with van der Waals surface area (Å²) < 4.78 is 0. The largest absolute Gasteiger partial charge is 0.508 e. The Balaban J connectivity index is 2.34. The van der Waals surface area contributed by atoms with Gasteiger partial charge >= 0.3 is 0 Å². The molecule has 0 radical (unpaired) electrons. The normalized spacial score (nSPS) is 14.9. The van der Waals surface area contributed by atoms with Crippen molar-refractivity contribution in [3.63, 3.8) is 0 Å². The number of aromatic hydroxyl groups is 1. The van der Waals surface area contributed by atoms with E-state index in [1.54, 1.807) is 37.2 Å². The first kappa shape index (κ1) is 11.0. The first-order valence-corrected chi connectivity index (χ1v) is 5.62. The minimum Gasteiger partial charge on any atom is -0.508 e. The van der Waals surface area contributed by atoms with Gasteiger partial charge in [-0.15, -0.1) is 0 Å². The molecule has 1 aliphatic rings. The first-order valence-electron chi connectivity index (χ1n) is 5.62. The van der Waals surface area contributed by atoms with Gasteiger partial charge in [0, 0.05) is 25.2 Å². The molecule has 0 atom stereocenters. The topological polar surface area (TPSA) is 40.5 Å². The fraction of sp³-hybridized carbons (Fsp3) is 0.462. The van der Waals surface area contributed by atoms with Crippen LogP contribution in [0, 0.1) is 5.92 Å². The lowest BCUT2D eigenvalue weighted by Gasteiger charge is -2.14. The molecule has 1 amide bonds. The lowest BCUT2D eigenvalue weighted by Crippen LogP contribution is -2.23. The maximum absolute atomic E-state index is 11.9. The highest BCUT2D eigenvalue weighted by atomic mass is 16.3. The molecule has 1 aliphatic carbocycles. The van der Waals surface area contributed by atoms with Crippen LogP contribution in [0.25, 0.3) is 0 Å². The molecule has 1 aromatic carbocycles. The van der Waals surface area contributed by atoms with Gasteiger partial charge in [0.25, 0.3) is 5.91 Å². The van der Waals surface area contributed by atoms with E-state index < -0.39 is 0 Å². The Morgan fingerprint density at radius 2 is 2.12 bits per heavy atom. The van der Waals surface area contributed by atoms with E-state index in [4.69, 9.17) is 0 Å². The van der Waals surface area contributed by atoms with E-state index in [1.807, 2.05) is 0 Å². The van der Waals surface area contributed by atoms with Crippen LogP contribution in [-0.2, 0) is 6.42 Å². The van der Waals surface area contributed by atoms with Crippen molar-refractivity contribution in [2.75, 3.05) is 14.1 Å². The Morgan fingerprint density at radius 1 is 1.44 bits per heavy atom. The van der Waals surface area contributed by atoms with E-state index in [2.05, 4.69) is 0 Å². The van der Waals surface area contributed by atoms with Crippen LogP contribution in [0.5, 0.6) is 5.75 Å². The van der Waals surface area contributed by atoms with Gasteiger partial charge in [0.1, 0.15) is 5.75 Å². The van der Waals surface area contributed by atoms with Crippen molar-refractivity contribution in [2.24, 2.45) is 5.92 Å². The molecule has 1 aromatic rings. The number of carbonyl (C=O) groups excluding carboxylic acids is 1. The molecule has 3 nitrogen and oxygen atoms in total. The van der Waals surface area contributed by atoms with Crippen LogP contribution in [0.15, 0.2) is 18.2 Å². The summed E-state index contributed by atoms with van der Waals surface area (Å²) in [5.74, 6) is 0.869. The molecule has 3 heteroatoms. The van der Waals surface area contributed by atoms with Crippen LogP contribution in [0.2, 0.25) is 0 Å². The number of rotatable bonds is 3. The summed E-state index contributed by atoms with van der Waals surface area (Å²) in [6.07, 6.45) is 3.25. The predicted molar refractivity (Wildman–Crippen MR) is 62.6 cm³/mol. The lowest BCUT2D eigenvalue weighted by atomic mass is 10.00. The van der Waals surface area contributed by atoms with Gasteiger partial charge in [-0.25, -0.2) is 0 Å². The van der Waals surface area contributed by atoms with Crippen molar-refractivity contribution in [3.8, 4) is 5.75 Å². The van der Waals surface area contributed by atoms with Crippen molar-refractivity contribution in [1.82, 2.24) is 4.90 Å². The average molecular weight is 219 g/mol. The van der Waals surface area contributed by atoms with Crippen molar-refractivity contribution in [2.45, 2.75) is 19.3 Å². The van der Waals surface area contributed by atoms with Gasteiger partial charge in [0.2, 0.25) is 0 Å². The Morgan fingerprint density at radius 3 is 2.69 bits per heavy atom. The molecule has 86 valence electrons. The second-order valence-corrected chi connectivity index (χ2v) is 4.65. The Bertz CT molecular complexity index is 408. The standard InChI is InChI=1S/C13H17NO2/c1-14(2)13(16)10-4-3-5-12(15)11(10)8-9-6-7-9/h3-5,9,15H,6-8H2,1-2H3. The molecule has 1 fully saturated rings. The highest BCUT2D eigenvalue weighted by molar-refractivity contribution is 5.96. The Labute approximate surface area is 95.7 Å². The van der Waals surface area contributed by atoms with Crippen LogP contribution >= 0.6 is 0 Å². The van der Waals surface area contributed by atoms with Crippen molar-refractivity contribution < 1.29 is 9.90 Å². The number of phenols is 1. The molecular formula is C13H17NO2. The van der Waals surface area contributed by atoms with Gasteiger partial charge in [-0.1, -0.05) is 6.07 Å². The third-order valence-corrected chi connectivity index (χ3v) is 2.98. The number of hydrogen-bond acceptors (Lipinski definition) is 2. The third kappa shape index (κ3) is 2.18. The van der Waals surface area contributed by atoms with Crippen LogP contribution < -0.4 is 0 Å². The molecular weight excluding hydrogens is 202 g/mol. The number of phenolic OH excluding ortho intramolecular Hbond substituents is 1. The Kier molecular flexibility index (Phi) is 2.86. The molecule has 0 spiro atoms. The van der Waals surface area contributed by atoms with Gasteiger partial charge in [-0.3, -0.25) is 4.79 Å². The first-order chi connectivity index (χ1) is 7.59. The highest BCUT2D eigenvalue weighted by Crippen LogP contribution is 2.36. The monoisotopic (exact) mass is 219 g/mol. The van der Waals surface area contributed by atoms with E-state index >= 15 is 0 Å². The van der Waals surface area contributed by atoms with Crippen molar-refractivity contribution >= 4 is 5.91 Å². The van der Waals surface area contributed by atoms with Crippen molar-refractivity contribution in [1.29, 1.82) is 0 Å². The summed E-state index contributed by atoms with van der Waals surface area (Å²) >= 11 is 0. The minimum absolute atomic E-state index is 0.0356. The van der Waals surface area contributed by atoms with Crippen molar-refractivity contribution in [3.05, 3.63) is 29.3 Å². The van der Waals surface area contributed by atoms with Gasteiger partial charge in [-0.05, 0) is 37.3 Å². The SMILES string of the molecule is CN(C)C(=O)c1cccc(O)c1CC1CC1. The fourth-order valence-electron chi connectivity index (χ4n) is 1.84. The molecule has 2 rings (SSSR count). The van der Waals surface area contributed by atoms with E-state index in [0.717, 1.165) is 12.0 Å². The molecule has 0 aromatic heterocycles. The quantitative estimate of drug-likeness (QED) is 0.845. The molecule has 1 saturated carbocycles. The summed E-state index contributed by atoms with van der Waals surface area (Å²) in [6, 6.07) is 5.17. The summed E-state index contributed by atoms with van der Waals surface area (Å²) in [5.41, 5.74) is 1.45. The number of carbonyl (C=O) groups is 1. The zero-order chi connectivity index (χ0) is 11.7.